The third kappa shape index (κ3) is 4.37. The van der Waals surface area contributed by atoms with Crippen molar-refractivity contribution in [2.75, 3.05) is 0 Å². The zero-order valence-electron chi connectivity index (χ0n) is 25.9. The van der Waals surface area contributed by atoms with Crippen molar-refractivity contribution in [1.82, 2.24) is 0 Å². The predicted molar refractivity (Wildman–Crippen MR) is 179 cm³/mol. The van der Waals surface area contributed by atoms with Gasteiger partial charge in [0.2, 0.25) is 0 Å². The van der Waals surface area contributed by atoms with Gasteiger partial charge in [0.15, 0.2) is 0 Å². The van der Waals surface area contributed by atoms with Gasteiger partial charge in [0.05, 0.1) is 0 Å². The van der Waals surface area contributed by atoms with Crippen molar-refractivity contribution in [3.63, 3.8) is 0 Å². The maximum absolute atomic E-state index is 3.83. The molecule has 0 bridgehead atoms. The summed E-state index contributed by atoms with van der Waals surface area (Å²) in [5.41, 5.74) is 21.2. The highest BCUT2D eigenvalue weighted by atomic mass is 14.4. The molecular weight excluding hydrogens is 504 g/mol. The molecule has 4 aromatic carbocycles. The molecule has 0 spiro atoms. The Morgan fingerprint density at radius 1 is 0.381 bits per heavy atom. The van der Waals surface area contributed by atoms with E-state index in [-0.39, 0.29) is 10.8 Å². The Balaban J connectivity index is 1.70. The van der Waals surface area contributed by atoms with Crippen molar-refractivity contribution < 1.29 is 0 Å². The third-order valence-corrected chi connectivity index (χ3v) is 9.87. The second-order valence-electron chi connectivity index (χ2n) is 12.3. The lowest BCUT2D eigenvalue weighted by Gasteiger charge is -2.42. The second kappa shape index (κ2) is 11.8. The third-order valence-electron chi connectivity index (χ3n) is 9.87. The van der Waals surface area contributed by atoms with E-state index < -0.39 is 0 Å². The molecule has 0 unspecified atom stereocenters. The average molecular weight is 549 g/mol. The van der Waals surface area contributed by atoms with Crippen LogP contribution in [-0.4, -0.2) is 0 Å². The van der Waals surface area contributed by atoms with Crippen LogP contribution in [0.4, 0.5) is 0 Å². The van der Waals surface area contributed by atoms with E-state index in [1.165, 1.54) is 55.7 Å². The van der Waals surface area contributed by atoms with E-state index >= 15 is 0 Å². The quantitative estimate of drug-likeness (QED) is 0.192. The first-order chi connectivity index (χ1) is 20.6. The van der Waals surface area contributed by atoms with Crippen LogP contribution in [0.2, 0.25) is 0 Å². The van der Waals surface area contributed by atoms with Gasteiger partial charge < -0.3 is 0 Å². The normalized spacial score (nSPS) is 15.5. The van der Waals surface area contributed by atoms with Crippen LogP contribution in [0.1, 0.15) is 124 Å². The molecule has 0 amide bonds. The van der Waals surface area contributed by atoms with Crippen molar-refractivity contribution in [3.05, 3.63) is 153 Å². The van der Waals surface area contributed by atoms with Crippen LogP contribution in [0, 0.1) is 0 Å². The molecule has 2 aliphatic carbocycles. The molecule has 0 heteroatoms. The minimum absolute atomic E-state index is 0.0406. The number of benzene rings is 4. The van der Waals surface area contributed by atoms with Crippen LogP contribution in [0.3, 0.4) is 0 Å². The SMILES string of the molecule is CCCC1(CCC)c2ccccc2C(=C=C=C2c3ccccc3C(CCC)(CCC)c3ccccc32)c2ccccc21. The van der Waals surface area contributed by atoms with E-state index in [1.807, 2.05) is 0 Å². The van der Waals surface area contributed by atoms with Gasteiger partial charge in [-0.1, -0.05) is 162 Å². The summed E-state index contributed by atoms with van der Waals surface area (Å²) in [6.07, 6.45) is 9.27. The molecule has 0 aromatic heterocycles. The van der Waals surface area contributed by atoms with Gasteiger partial charge in [-0.3, -0.25) is 0 Å². The molecule has 0 saturated heterocycles. The smallest absolute Gasteiger partial charge is 0.0400 e. The molecule has 212 valence electrons. The summed E-state index contributed by atoms with van der Waals surface area (Å²) in [6.45, 7) is 9.31. The number of hydrogen-bond acceptors (Lipinski definition) is 0. The summed E-state index contributed by atoms with van der Waals surface area (Å²) >= 11 is 0. The van der Waals surface area contributed by atoms with Gasteiger partial charge in [0, 0.05) is 22.0 Å². The van der Waals surface area contributed by atoms with Crippen LogP contribution in [0.15, 0.2) is 109 Å². The van der Waals surface area contributed by atoms with E-state index in [1.54, 1.807) is 0 Å². The van der Waals surface area contributed by atoms with Gasteiger partial charge in [-0.05, 0) is 70.2 Å². The van der Waals surface area contributed by atoms with Crippen LogP contribution in [0.5, 0.6) is 0 Å². The van der Waals surface area contributed by atoms with Gasteiger partial charge in [-0.15, -0.1) is 0 Å². The highest BCUT2D eigenvalue weighted by molar-refractivity contribution is 5.90. The maximum atomic E-state index is 3.83. The minimum atomic E-state index is 0.0406. The Bertz CT molecular complexity index is 1460. The van der Waals surface area contributed by atoms with Gasteiger partial charge in [-0.25, -0.2) is 0 Å². The van der Waals surface area contributed by atoms with Crippen molar-refractivity contribution >= 4 is 11.1 Å². The highest BCUT2D eigenvalue weighted by Gasteiger charge is 2.42. The van der Waals surface area contributed by atoms with Crippen LogP contribution < -0.4 is 0 Å². The van der Waals surface area contributed by atoms with Gasteiger partial charge in [0.1, 0.15) is 0 Å². The van der Waals surface area contributed by atoms with E-state index in [0.717, 1.165) is 51.4 Å². The number of hydrogen-bond donors (Lipinski definition) is 0. The summed E-state index contributed by atoms with van der Waals surface area (Å²) in [6, 6.07) is 36.4. The van der Waals surface area contributed by atoms with E-state index in [9.17, 15) is 0 Å². The summed E-state index contributed by atoms with van der Waals surface area (Å²) in [7, 11) is 0. The van der Waals surface area contributed by atoms with Crippen LogP contribution in [0.25, 0.3) is 11.1 Å². The molecule has 0 fully saturated rings. The molecule has 0 N–H and O–H groups in total. The number of rotatable bonds is 8. The highest BCUT2D eigenvalue weighted by Crippen LogP contribution is 2.53. The van der Waals surface area contributed by atoms with Gasteiger partial charge in [-0.2, -0.15) is 0 Å². The predicted octanol–water partition coefficient (Wildman–Crippen LogP) is 11.4. The average Bonchev–Trinajstić information content (AvgIpc) is 3.03. The fraction of sp³-hybridized carbons (Fsp3) is 0.333. The minimum Gasteiger partial charge on any atom is -0.0653 e. The monoisotopic (exact) mass is 548 g/mol. The number of fused-ring (bicyclic) bond motifs is 4. The Hall–Kier alpha value is -3.82. The molecule has 0 heterocycles. The van der Waals surface area contributed by atoms with E-state index in [2.05, 4.69) is 136 Å². The molecule has 0 radical (unpaired) electrons. The van der Waals surface area contributed by atoms with Crippen LogP contribution >= 0.6 is 0 Å². The lowest BCUT2D eigenvalue weighted by atomic mass is 9.61. The molecule has 0 atom stereocenters. The lowest BCUT2D eigenvalue weighted by Crippen LogP contribution is -2.33. The molecule has 42 heavy (non-hydrogen) atoms. The first-order valence-electron chi connectivity index (χ1n) is 16.3. The fourth-order valence-corrected chi connectivity index (χ4v) is 8.48. The van der Waals surface area contributed by atoms with E-state index in [0.29, 0.717) is 0 Å². The first kappa shape index (κ1) is 28.3. The van der Waals surface area contributed by atoms with Gasteiger partial charge in [0.25, 0.3) is 0 Å². The molecule has 0 saturated carbocycles. The Labute approximate surface area is 253 Å². The summed E-state index contributed by atoms with van der Waals surface area (Å²) < 4.78 is 0. The second-order valence-corrected chi connectivity index (χ2v) is 12.3. The first-order valence-corrected chi connectivity index (χ1v) is 16.3. The maximum Gasteiger partial charge on any atom is 0.0400 e. The van der Waals surface area contributed by atoms with Crippen molar-refractivity contribution in [3.8, 4) is 0 Å². The molecule has 6 rings (SSSR count). The van der Waals surface area contributed by atoms with E-state index in [4.69, 9.17) is 0 Å². The zero-order valence-corrected chi connectivity index (χ0v) is 25.9. The molecule has 0 aliphatic heterocycles. The standard InChI is InChI=1S/C42H44/c1-5-27-41(28-6-2)37-21-13-9-17-33(37)31(34-18-10-14-22-38(34)41)25-26-32-35-19-11-15-23-39(35)42(29-7-3,30-8-4)40-24-16-12-20-36(32)40/h9-24H,5-8,27-30H2,1-4H3. The van der Waals surface area contributed by atoms with Crippen LogP contribution in [-0.2, 0) is 10.8 Å². The zero-order chi connectivity index (χ0) is 29.2. The Morgan fingerprint density at radius 3 is 0.857 bits per heavy atom. The fourth-order valence-electron chi connectivity index (χ4n) is 8.48. The topological polar surface area (TPSA) is 0 Å². The Morgan fingerprint density at radius 2 is 0.619 bits per heavy atom. The summed E-state index contributed by atoms with van der Waals surface area (Å²) in [5.74, 6) is 0. The van der Waals surface area contributed by atoms with Crippen molar-refractivity contribution in [2.24, 2.45) is 0 Å². The van der Waals surface area contributed by atoms with Crippen molar-refractivity contribution in [2.45, 2.75) is 89.9 Å². The lowest BCUT2D eigenvalue weighted by molar-refractivity contribution is 0.421. The summed E-state index contributed by atoms with van der Waals surface area (Å²) in [5, 5.41) is 0. The van der Waals surface area contributed by atoms with Gasteiger partial charge >= 0.3 is 0 Å². The molecular formula is C42H44. The van der Waals surface area contributed by atoms with Crippen molar-refractivity contribution in [1.29, 1.82) is 0 Å². The Kier molecular flexibility index (Phi) is 7.96. The largest absolute Gasteiger partial charge is 0.0653 e. The molecule has 4 aromatic rings. The molecule has 2 aliphatic rings. The molecule has 0 nitrogen and oxygen atoms in total. The summed E-state index contributed by atoms with van der Waals surface area (Å²) in [4.78, 5) is 0.